The molecular formula is C27H48O15. The second kappa shape index (κ2) is 19.0. The molecule has 11 unspecified atom stereocenters. The molecule has 0 radical (unpaired) electrons. The smallest absolute Gasteiger partial charge is 0.306 e. The van der Waals surface area contributed by atoms with Crippen LogP contribution < -0.4 is 0 Å². The Hall–Kier alpha value is -1.50. The van der Waals surface area contributed by atoms with Gasteiger partial charge in [-0.05, 0) is 12.8 Å². The summed E-state index contributed by atoms with van der Waals surface area (Å²) in [5.41, 5.74) is 0. The molecule has 15 heteroatoms. The molecule has 246 valence electrons. The summed E-state index contributed by atoms with van der Waals surface area (Å²) in [6, 6.07) is 0. The summed E-state index contributed by atoms with van der Waals surface area (Å²) < 4.78 is 32.4. The first-order valence-corrected chi connectivity index (χ1v) is 14.6. The molecule has 0 bridgehead atoms. The Morgan fingerprint density at radius 3 is 1.88 bits per heavy atom. The molecule has 42 heavy (non-hydrogen) atoms. The molecular weight excluding hydrogens is 564 g/mol. The highest BCUT2D eigenvalue weighted by Crippen LogP contribution is 2.26. The van der Waals surface area contributed by atoms with E-state index in [0.717, 1.165) is 25.7 Å². The van der Waals surface area contributed by atoms with E-state index in [4.69, 9.17) is 28.4 Å². The van der Waals surface area contributed by atoms with E-state index in [0.29, 0.717) is 12.8 Å². The Labute approximate surface area is 245 Å². The minimum Gasteiger partial charge on any atom is -0.462 e. The molecule has 0 aliphatic carbocycles. The lowest BCUT2D eigenvalue weighted by molar-refractivity contribution is -0.332. The number of carbonyl (C=O) groups excluding carboxylic acids is 2. The second-order valence-corrected chi connectivity index (χ2v) is 10.6. The molecule has 2 fully saturated rings. The molecule has 7 N–H and O–H groups in total. The van der Waals surface area contributed by atoms with Crippen LogP contribution in [0.25, 0.3) is 0 Å². The van der Waals surface area contributed by atoms with Gasteiger partial charge < -0.3 is 64.2 Å². The SMILES string of the molecule is CCCCCCCC(=O)OC(COC(=O)CCC)COC1OC(COC2OC(CO)C(O)C(O)C2O)C(O)C(O)C1O. The topological polar surface area (TPSA) is 231 Å². The first-order valence-electron chi connectivity index (χ1n) is 14.6. The van der Waals surface area contributed by atoms with Crippen molar-refractivity contribution in [3.63, 3.8) is 0 Å². The summed E-state index contributed by atoms with van der Waals surface area (Å²) in [7, 11) is 0. The number of carbonyl (C=O) groups is 2. The third-order valence-electron chi connectivity index (χ3n) is 7.06. The van der Waals surface area contributed by atoms with Crippen molar-refractivity contribution in [3.8, 4) is 0 Å². The molecule has 0 saturated carbocycles. The molecule has 2 saturated heterocycles. The third kappa shape index (κ3) is 11.2. The summed E-state index contributed by atoms with van der Waals surface area (Å²) in [5, 5.41) is 70.6. The standard InChI is InChI=1S/C27H48O15/c1-3-5-6-7-8-10-19(30)40-15(12-37-18(29)9-4-2)13-38-26-25(36)23(34)21(32)17(42-26)14-39-27-24(35)22(33)20(31)16(11-28)41-27/h15-17,20-28,31-36H,3-14H2,1-2H3. The molecule has 15 nitrogen and oxygen atoms in total. The molecule has 2 aliphatic heterocycles. The molecule has 2 aliphatic rings. The van der Waals surface area contributed by atoms with Gasteiger partial charge in [-0.3, -0.25) is 9.59 Å². The molecule has 2 rings (SSSR count). The first-order chi connectivity index (χ1) is 20.0. The van der Waals surface area contributed by atoms with Crippen molar-refractivity contribution in [1.82, 2.24) is 0 Å². The molecule has 2 heterocycles. The highest BCUT2D eigenvalue weighted by molar-refractivity contribution is 5.70. The van der Waals surface area contributed by atoms with Crippen LogP contribution in [0, 0.1) is 0 Å². The summed E-state index contributed by atoms with van der Waals surface area (Å²) >= 11 is 0. The lowest BCUT2D eigenvalue weighted by atomic mass is 9.98. The van der Waals surface area contributed by atoms with Crippen molar-refractivity contribution in [2.24, 2.45) is 0 Å². The maximum atomic E-state index is 12.4. The highest BCUT2D eigenvalue weighted by Gasteiger charge is 2.47. The van der Waals surface area contributed by atoms with E-state index in [2.05, 4.69) is 6.92 Å². The van der Waals surface area contributed by atoms with Gasteiger partial charge in [0.15, 0.2) is 18.7 Å². The van der Waals surface area contributed by atoms with E-state index in [-0.39, 0.29) is 26.1 Å². The lowest BCUT2D eigenvalue weighted by Crippen LogP contribution is -2.61. The lowest BCUT2D eigenvalue weighted by Gasteiger charge is -2.42. The molecule has 11 atom stereocenters. The highest BCUT2D eigenvalue weighted by atomic mass is 16.7. The van der Waals surface area contributed by atoms with Gasteiger partial charge in [0.05, 0.1) is 19.8 Å². The minimum absolute atomic E-state index is 0.161. The van der Waals surface area contributed by atoms with Gasteiger partial charge in [-0.25, -0.2) is 0 Å². The van der Waals surface area contributed by atoms with Crippen LogP contribution in [-0.2, 0) is 38.0 Å². The van der Waals surface area contributed by atoms with Crippen LogP contribution in [-0.4, -0.2) is 142 Å². The Bertz CT molecular complexity index is 783. The maximum Gasteiger partial charge on any atom is 0.306 e. The van der Waals surface area contributed by atoms with Crippen LogP contribution in [0.4, 0.5) is 0 Å². The van der Waals surface area contributed by atoms with Crippen molar-refractivity contribution >= 4 is 11.9 Å². The predicted octanol–water partition coefficient (Wildman–Crippen LogP) is -1.76. The van der Waals surface area contributed by atoms with Crippen LogP contribution in [0.1, 0.15) is 65.2 Å². The van der Waals surface area contributed by atoms with Crippen LogP contribution in [0.5, 0.6) is 0 Å². The van der Waals surface area contributed by atoms with Gasteiger partial charge in [-0.15, -0.1) is 0 Å². The zero-order valence-electron chi connectivity index (χ0n) is 24.2. The molecule has 0 spiro atoms. The fraction of sp³-hybridized carbons (Fsp3) is 0.926. The normalized spacial score (nSPS) is 34.1. The second-order valence-electron chi connectivity index (χ2n) is 10.6. The van der Waals surface area contributed by atoms with Crippen molar-refractivity contribution < 1.29 is 73.8 Å². The fourth-order valence-electron chi connectivity index (χ4n) is 4.48. The van der Waals surface area contributed by atoms with Gasteiger partial charge in [0, 0.05) is 12.8 Å². The summed E-state index contributed by atoms with van der Waals surface area (Å²) in [4.78, 5) is 24.3. The number of unbranched alkanes of at least 4 members (excludes halogenated alkanes) is 4. The maximum absolute atomic E-state index is 12.4. The number of esters is 2. The van der Waals surface area contributed by atoms with Crippen molar-refractivity contribution in [2.75, 3.05) is 26.4 Å². The van der Waals surface area contributed by atoms with E-state index < -0.39 is 92.7 Å². The average molecular weight is 613 g/mol. The summed E-state index contributed by atoms with van der Waals surface area (Å²) in [6.45, 7) is 2.00. The average Bonchev–Trinajstić information content (AvgIpc) is 2.97. The number of hydrogen-bond acceptors (Lipinski definition) is 15. The van der Waals surface area contributed by atoms with Gasteiger partial charge in [-0.1, -0.05) is 39.5 Å². The Morgan fingerprint density at radius 1 is 0.667 bits per heavy atom. The number of rotatable bonds is 18. The molecule has 0 amide bonds. The van der Waals surface area contributed by atoms with E-state index in [1.807, 2.05) is 0 Å². The Morgan fingerprint density at radius 2 is 1.26 bits per heavy atom. The van der Waals surface area contributed by atoms with Crippen molar-refractivity contribution in [3.05, 3.63) is 0 Å². The number of aliphatic hydroxyl groups excluding tert-OH is 7. The molecule has 0 aromatic carbocycles. The van der Waals surface area contributed by atoms with E-state index in [1.54, 1.807) is 6.92 Å². The van der Waals surface area contributed by atoms with Crippen LogP contribution >= 0.6 is 0 Å². The van der Waals surface area contributed by atoms with Crippen LogP contribution in [0.2, 0.25) is 0 Å². The summed E-state index contributed by atoms with van der Waals surface area (Å²) in [6.07, 6.45) is -11.3. The number of aliphatic hydroxyl groups is 7. The zero-order chi connectivity index (χ0) is 31.2. The van der Waals surface area contributed by atoms with E-state index in [1.165, 1.54) is 0 Å². The van der Waals surface area contributed by atoms with E-state index in [9.17, 15) is 45.3 Å². The van der Waals surface area contributed by atoms with Crippen molar-refractivity contribution in [2.45, 2.75) is 133 Å². The van der Waals surface area contributed by atoms with E-state index >= 15 is 0 Å². The van der Waals surface area contributed by atoms with Gasteiger partial charge in [0.25, 0.3) is 0 Å². The van der Waals surface area contributed by atoms with Crippen LogP contribution in [0.3, 0.4) is 0 Å². The molecule has 0 aromatic rings. The van der Waals surface area contributed by atoms with Gasteiger partial charge >= 0.3 is 11.9 Å². The summed E-state index contributed by atoms with van der Waals surface area (Å²) in [5.74, 6) is -1.01. The monoisotopic (exact) mass is 612 g/mol. The number of ether oxygens (including phenoxy) is 6. The largest absolute Gasteiger partial charge is 0.462 e. The van der Waals surface area contributed by atoms with Gasteiger partial charge in [-0.2, -0.15) is 0 Å². The van der Waals surface area contributed by atoms with Crippen LogP contribution in [0.15, 0.2) is 0 Å². The molecule has 0 aromatic heterocycles. The van der Waals surface area contributed by atoms with Crippen molar-refractivity contribution in [1.29, 1.82) is 0 Å². The third-order valence-corrected chi connectivity index (χ3v) is 7.06. The fourth-order valence-corrected chi connectivity index (χ4v) is 4.48. The Balaban J connectivity index is 1.97. The zero-order valence-corrected chi connectivity index (χ0v) is 24.2. The minimum atomic E-state index is -1.75. The van der Waals surface area contributed by atoms with Gasteiger partial charge in [0.1, 0.15) is 55.4 Å². The Kier molecular flexibility index (Phi) is 16.6. The predicted molar refractivity (Wildman–Crippen MR) is 141 cm³/mol. The quantitative estimate of drug-likeness (QED) is 0.0671. The first kappa shape index (κ1) is 36.7. The van der Waals surface area contributed by atoms with Gasteiger partial charge in [0.2, 0.25) is 0 Å². The number of hydrogen-bond donors (Lipinski definition) is 7.